The molecule has 3 heteroatoms. The lowest BCUT2D eigenvalue weighted by atomic mass is 10.0. The number of aromatic nitrogens is 1. The number of unbranched alkanes of at least 4 members (excludes halogenated alkanes) is 15. The van der Waals surface area contributed by atoms with Gasteiger partial charge in [0.1, 0.15) is 5.75 Å². The summed E-state index contributed by atoms with van der Waals surface area (Å²) in [5.74, 6) is 0.954. The third-order valence-electron chi connectivity index (χ3n) is 7.52. The van der Waals surface area contributed by atoms with Crippen molar-refractivity contribution < 1.29 is 14.1 Å². The van der Waals surface area contributed by atoms with Crippen molar-refractivity contribution in [1.82, 2.24) is 0 Å². The fourth-order valence-corrected chi connectivity index (χ4v) is 5.11. The number of carbonyl (C=O) groups excluding carboxylic acids is 1. The van der Waals surface area contributed by atoms with E-state index in [0.29, 0.717) is 6.54 Å². The van der Waals surface area contributed by atoms with E-state index in [1.165, 1.54) is 102 Å². The maximum atomic E-state index is 12.7. The van der Waals surface area contributed by atoms with Gasteiger partial charge in [-0.25, -0.2) is 0 Å². The normalized spacial score (nSPS) is 11.2. The van der Waals surface area contributed by atoms with E-state index >= 15 is 0 Å². The molecule has 0 saturated heterocycles. The van der Waals surface area contributed by atoms with Crippen LogP contribution in [0.3, 0.4) is 0 Å². The van der Waals surface area contributed by atoms with Crippen LogP contribution in [0.25, 0.3) is 10.8 Å². The Hall–Kier alpha value is -2.68. The van der Waals surface area contributed by atoms with Crippen LogP contribution in [0, 0.1) is 0 Å². The smallest absolute Gasteiger partial charge is 0.227 e. The summed E-state index contributed by atoms with van der Waals surface area (Å²) in [4.78, 5) is 12.7. The Morgan fingerprint density at radius 2 is 1.16 bits per heavy atom. The molecular formula is C35H50NO2+. The summed E-state index contributed by atoms with van der Waals surface area (Å²) in [6.07, 6.45) is 26.0. The number of Topliss-reactive ketones (excluding diaryl/α,β-unsaturated/α-hetero) is 1. The van der Waals surface area contributed by atoms with Crippen molar-refractivity contribution in [2.75, 3.05) is 6.61 Å². The van der Waals surface area contributed by atoms with Gasteiger partial charge in [-0.05, 0) is 42.1 Å². The van der Waals surface area contributed by atoms with Gasteiger partial charge in [0, 0.05) is 17.0 Å². The molecule has 0 fully saturated rings. The number of pyridine rings is 1. The molecule has 0 aliphatic heterocycles. The van der Waals surface area contributed by atoms with Gasteiger partial charge >= 0.3 is 0 Å². The van der Waals surface area contributed by atoms with Crippen molar-refractivity contribution >= 4 is 16.6 Å². The molecule has 0 saturated carbocycles. The molecule has 3 rings (SSSR count). The summed E-state index contributed by atoms with van der Waals surface area (Å²) < 4.78 is 7.86. The van der Waals surface area contributed by atoms with E-state index in [2.05, 4.69) is 25.1 Å². The summed E-state index contributed by atoms with van der Waals surface area (Å²) in [5.41, 5.74) is 0.723. The molecule has 0 aliphatic carbocycles. The van der Waals surface area contributed by atoms with Crippen LogP contribution in [0.5, 0.6) is 5.75 Å². The third kappa shape index (κ3) is 11.8. The van der Waals surface area contributed by atoms with Gasteiger partial charge < -0.3 is 4.74 Å². The molecule has 0 atom stereocenters. The van der Waals surface area contributed by atoms with Crippen LogP contribution in [-0.2, 0) is 6.54 Å². The molecule has 38 heavy (non-hydrogen) atoms. The monoisotopic (exact) mass is 516 g/mol. The van der Waals surface area contributed by atoms with Crippen molar-refractivity contribution in [3.05, 3.63) is 72.6 Å². The number of fused-ring (bicyclic) bond motifs is 1. The Morgan fingerprint density at radius 1 is 0.632 bits per heavy atom. The lowest BCUT2D eigenvalue weighted by molar-refractivity contribution is -0.681. The topological polar surface area (TPSA) is 30.2 Å². The number of nitrogens with zero attached hydrogens (tertiary/aromatic N) is 1. The van der Waals surface area contributed by atoms with Crippen LogP contribution in [-0.4, -0.2) is 12.4 Å². The van der Waals surface area contributed by atoms with Crippen LogP contribution < -0.4 is 9.30 Å². The zero-order chi connectivity index (χ0) is 26.7. The average Bonchev–Trinajstić information content (AvgIpc) is 2.95. The van der Waals surface area contributed by atoms with E-state index in [1.807, 2.05) is 53.4 Å². The van der Waals surface area contributed by atoms with Crippen molar-refractivity contribution in [3.63, 3.8) is 0 Å². The maximum Gasteiger partial charge on any atom is 0.227 e. The molecule has 0 bridgehead atoms. The first-order chi connectivity index (χ1) is 18.8. The van der Waals surface area contributed by atoms with Gasteiger partial charge in [-0.1, -0.05) is 121 Å². The largest absolute Gasteiger partial charge is 0.494 e. The predicted molar refractivity (Wildman–Crippen MR) is 160 cm³/mol. The van der Waals surface area contributed by atoms with Crippen LogP contribution in [0.4, 0.5) is 0 Å². The Kier molecular flexibility index (Phi) is 14.6. The standard InChI is InChI=1S/C35H50NO2/c1-2-3-4-5-6-7-8-9-10-11-12-13-14-15-16-19-28-38-34-24-22-32(23-25-34)35(37)30-36-27-26-31-20-17-18-21-33(31)29-36/h17-18,20-27,29H,2-16,19,28,30H2,1H3/q+1. The Morgan fingerprint density at radius 3 is 1.74 bits per heavy atom. The highest BCUT2D eigenvalue weighted by Crippen LogP contribution is 2.16. The van der Waals surface area contributed by atoms with Gasteiger partial charge in [-0.3, -0.25) is 4.79 Å². The summed E-state index contributed by atoms with van der Waals surface area (Å²) in [5, 5.41) is 2.32. The van der Waals surface area contributed by atoms with Crippen molar-refractivity contribution in [2.45, 2.75) is 116 Å². The third-order valence-corrected chi connectivity index (χ3v) is 7.52. The molecule has 206 valence electrons. The zero-order valence-corrected chi connectivity index (χ0v) is 23.8. The van der Waals surface area contributed by atoms with Gasteiger partial charge in [-0.2, -0.15) is 4.57 Å². The number of hydrogen-bond donors (Lipinski definition) is 0. The molecule has 0 aliphatic rings. The average molecular weight is 517 g/mol. The molecule has 0 spiro atoms. The number of hydrogen-bond acceptors (Lipinski definition) is 2. The number of ketones is 1. The second-order valence-corrected chi connectivity index (χ2v) is 10.8. The highest BCUT2D eigenvalue weighted by Gasteiger charge is 2.13. The summed E-state index contributed by atoms with van der Waals surface area (Å²) in [7, 11) is 0. The van der Waals surface area contributed by atoms with Gasteiger partial charge in [0.2, 0.25) is 12.3 Å². The molecule has 0 radical (unpaired) electrons. The Labute approximate surface area is 231 Å². The quantitative estimate of drug-likeness (QED) is 0.0801. The van der Waals surface area contributed by atoms with Crippen molar-refractivity contribution in [1.29, 1.82) is 0 Å². The molecule has 1 heterocycles. The molecular weight excluding hydrogens is 466 g/mol. The molecule has 3 aromatic rings. The van der Waals surface area contributed by atoms with E-state index < -0.39 is 0 Å². The lowest BCUT2D eigenvalue weighted by Crippen LogP contribution is -2.37. The number of ether oxygens (including phenoxy) is 1. The lowest BCUT2D eigenvalue weighted by Gasteiger charge is -2.07. The minimum atomic E-state index is 0.106. The summed E-state index contributed by atoms with van der Waals surface area (Å²) in [6, 6.07) is 17.9. The number of rotatable bonds is 21. The van der Waals surface area contributed by atoms with Crippen LogP contribution in [0.15, 0.2) is 67.0 Å². The highest BCUT2D eigenvalue weighted by atomic mass is 16.5. The van der Waals surface area contributed by atoms with Crippen molar-refractivity contribution in [3.8, 4) is 5.75 Å². The fourth-order valence-electron chi connectivity index (χ4n) is 5.11. The minimum Gasteiger partial charge on any atom is -0.494 e. The second kappa shape index (κ2) is 18.6. The molecule has 0 N–H and O–H groups in total. The summed E-state index contributed by atoms with van der Waals surface area (Å²) in [6.45, 7) is 3.37. The van der Waals surface area contributed by atoms with Crippen molar-refractivity contribution in [2.24, 2.45) is 0 Å². The van der Waals surface area contributed by atoms with Crippen LogP contribution in [0.2, 0.25) is 0 Å². The first-order valence-corrected chi connectivity index (χ1v) is 15.4. The second-order valence-electron chi connectivity index (χ2n) is 10.8. The Bertz CT molecular complexity index is 1040. The van der Waals surface area contributed by atoms with E-state index in [1.54, 1.807) is 0 Å². The van der Waals surface area contributed by atoms with E-state index in [-0.39, 0.29) is 5.78 Å². The van der Waals surface area contributed by atoms with Crippen LogP contribution >= 0.6 is 0 Å². The SMILES string of the molecule is CCCCCCCCCCCCCCCCCCOc1ccc(C(=O)C[n+]2ccc3ccccc3c2)cc1. The first-order valence-electron chi connectivity index (χ1n) is 15.4. The number of carbonyl (C=O) groups is 1. The molecule has 1 aromatic heterocycles. The highest BCUT2D eigenvalue weighted by molar-refractivity contribution is 5.95. The first kappa shape index (κ1) is 29.9. The van der Waals surface area contributed by atoms with Crippen LogP contribution in [0.1, 0.15) is 120 Å². The van der Waals surface area contributed by atoms with E-state index in [9.17, 15) is 4.79 Å². The van der Waals surface area contributed by atoms with Gasteiger partial charge in [-0.15, -0.1) is 0 Å². The molecule has 3 nitrogen and oxygen atoms in total. The van der Waals surface area contributed by atoms with Gasteiger partial charge in [0.05, 0.1) is 6.61 Å². The molecule has 2 aromatic carbocycles. The predicted octanol–water partition coefficient (Wildman–Crippen LogP) is 9.65. The Balaban J connectivity index is 1.17. The number of benzene rings is 2. The van der Waals surface area contributed by atoms with Gasteiger partial charge in [0.15, 0.2) is 12.4 Å². The zero-order valence-electron chi connectivity index (χ0n) is 23.8. The molecule has 0 unspecified atom stereocenters. The maximum absolute atomic E-state index is 12.7. The van der Waals surface area contributed by atoms with E-state index in [0.717, 1.165) is 29.7 Å². The van der Waals surface area contributed by atoms with E-state index in [4.69, 9.17) is 4.74 Å². The summed E-state index contributed by atoms with van der Waals surface area (Å²) >= 11 is 0. The minimum absolute atomic E-state index is 0.106. The molecule has 0 amide bonds. The fraction of sp³-hybridized carbons (Fsp3) is 0.543. The van der Waals surface area contributed by atoms with Gasteiger partial charge in [0.25, 0.3) is 0 Å².